The van der Waals surface area contributed by atoms with Crippen molar-refractivity contribution in [1.82, 2.24) is 0 Å². The summed E-state index contributed by atoms with van der Waals surface area (Å²) in [6, 6.07) is 0. The summed E-state index contributed by atoms with van der Waals surface area (Å²) in [5.41, 5.74) is 0. The second-order valence-electron chi connectivity index (χ2n) is 6.54. The number of ether oxygens (including phenoxy) is 2. The second kappa shape index (κ2) is 5.34. The molecule has 2 aliphatic heterocycles. The van der Waals surface area contributed by atoms with Crippen molar-refractivity contribution in [2.75, 3.05) is 5.75 Å². The third-order valence-corrected chi connectivity index (χ3v) is 5.89. The Hall–Kier alpha value is 0.270. The van der Waals surface area contributed by atoms with Gasteiger partial charge in [-0.1, -0.05) is 13.3 Å². The fourth-order valence-corrected chi connectivity index (χ4v) is 4.88. The molecule has 3 heteroatoms. The summed E-state index contributed by atoms with van der Waals surface area (Å²) >= 11 is 4.47. The summed E-state index contributed by atoms with van der Waals surface area (Å²) in [5.74, 6) is 3.74. The topological polar surface area (TPSA) is 18.5 Å². The minimum atomic E-state index is 0.0474. The number of hydrogen-bond donors (Lipinski definition) is 1. The van der Waals surface area contributed by atoms with Crippen LogP contribution in [0.15, 0.2) is 0 Å². The molecule has 2 saturated heterocycles. The van der Waals surface area contributed by atoms with Gasteiger partial charge in [0.1, 0.15) is 0 Å². The minimum absolute atomic E-state index is 0.0474. The number of rotatable bonds is 1. The van der Waals surface area contributed by atoms with E-state index >= 15 is 0 Å². The van der Waals surface area contributed by atoms with Gasteiger partial charge in [-0.05, 0) is 50.4 Å². The first-order chi connectivity index (χ1) is 8.70. The van der Waals surface area contributed by atoms with E-state index in [2.05, 4.69) is 26.5 Å². The molecule has 0 N–H and O–H groups in total. The maximum absolute atomic E-state index is 6.24. The molecule has 0 bridgehead atoms. The van der Waals surface area contributed by atoms with Crippen LogP contribution in [0.1, 0.15) is 46.0 Å². The first kappa shape index (κ1) is 13.3. The van der Waals surface area contributed by atoms with Crippen LogP contribution in [0.3, 0.4) is 0 Å². The molecule has 3 fully saturated rings. The molecule has 7 unspecified atom stereocenters. The van der Waals surface area contributed by atoms with Gasteiger partial charge in [-0.2, -0.15) is 12.6 Å². The van der Waals surface area contributed by atoms with Crippen LogP contribution in [-0.2, 0) is 9.47 Å². The highest BCUT2D eigenvalue weighted by atomic mass is 32.1. The van der Waals surface area contributed by atoms with Crippen LogP contribution >= 0.6 is 12.6 Å². The van der Waals surface area contributed by atoms with Gasteiger partial charge in [-0.25, -0.2) is 0 Å². The molecule has 3 aliphatic rings. The minimum Gasteiger partial charge on any atom is -0.349 e. The van der Waals surface area contributed by atoms with Crippen molar-refractivity contribution in [3.63, 3.8) is 0 Å². The summed E-state index contributed by atoms with van der Waals surface area (Å²) in [6.07, 6.45) is 7.37. The van der Waals surface area contributed by atoms with Crippen molar-refractivity contribution in [3.8, 4) is 0 Å². The molecule has 0 spiro atoms. The van der Waals surface area contributed by atoms with Gasteiger partial charge in [-0.3, -0.25) is 0 Å². The van der Waals surface area contributed by atoms with E-state index < -0.39 is 0 Å². The van der Waals surface area contributed by atoms with Crippen LogP contribution in [0.2, 0.25) is 0 Å². The normalized spacial score (nSPS) is 52.5. The van der Waals surface area contributed by atoms with E-state index in [0.29, 0.717) is 17.9 Å². The highest BCUT2D eigenvalue weighted by molar-refractivity contribution is 7.80. The van der Waals surface area contributed by atoms with Gasteiger partial charge in [-0.15, -0.1) is 0 Å². The van der Waals surface area contributed by atoms with E-state index in [0.717, 1.165) is 17.6 Å². The predicted molar refractivity (Wildman–Crippen MR) is 75.8 cm³/mol. The number of thiol groups is 1. The fourth-order valence-electron chi connectivity index (χ4n) is 4.47. The van der Waals surface area contributed by atoms with E-state index in [-0.39, 0.29) is 12.4 Å². The summed E-state index contributed by atoms with van der Waals surface area (Å²) in [4.78, 5) is 0. The first-order valence-corrected chi connectivity index (χ1v) is 8.25. The molecule has 18 heavy (non-hydrogen) atoms. The molecule has 7 atom stereocenters. The SMILES string of the molecule is CC1CCC2CCCC3C(C)C(CS)OC(O1)C23. The van der Waals surface area contributed by atoms with Gasteiger partial charge in [0.15, 0.2) is 6.29 Å². The molecule has 0 radical (unpaired) electrons. The van der Waals surface area contributed by atoms with Crippen molar-refractivity contribution in [3.05, 3.63) is 0 Å². The summed E-state index contributed by atoms with van der Waals surface area (Å²) in [5, 5.41) is 0. The highest BCUT2D eigenvalue weighted by Crippen LogP contribution is 2.50. The van der Waals surface area contributed by atoms with E-state index in [4.69, 9.17) is 9.47 Å². The Kier molecular flexibility index (Phi) is 3.93. The van der Waals surface area contributed by atoms with Crippen molar-refractivity contribution in [2.24, 2.45) is 23.7 Å². The van der Waals surface area contributed by atoms with E-state index in [1.165, 1.54) is 32.1 Å². The number of hydrogen-bond acceptors (Lipinski definition) is 3. The smallest absolute Gasteiger partial charge is 0.161 e. The zero-order valence-corrected chi connectivity index (χ0v) is 12.4. The van der Waals surface area contributed by atoms with E-state index in [1.54, 1.807) is 0 Å². The fraction of sp³-hybridized carbons (Fsp3) is 1.00. The van der Waals surface area contributed by atoms with Crippen LogP contribution in [0, 0.1) is 23.7 Å². The molecule has 3 rings (SSSR count). The molecular weight excluding hydrogens is 244 g/mol. The molecule has 2 heterocycles. The second-order valence-corrected chi connectivity index (χ2v) is 6.91. The molecule has 1 aliphatic carbocycles. The lowest BCUT2D eigenvalue weighted by Gasteiger charge is -2.50. The summed E-state index contributed by atoms with van der Waals surface area (Å²) < 4.78 is 12.4. The Bertz CT molecular complexity index is 296. The van der Waals surface area contributed by atoms with E-state index in [9.17, 15) is 0 Å². The largest absolute Gasteiger partial charge is 0.349 e. The first-order valence-electron chi connectivity index (χ1n) is 7.62. The third-order valence-electron chi connectivity index (χ3n) is 5.53. The molecule has 0 amide bonds. The van der Waals surface area contributed by atoms with Crippen LogP contribution in [0.4, 0.5) is 0 Å². The summed E-state index contributed by atoms with van der Waals surface area (Å²) in [6.45, 7) is 4.56. The van der Waals surface area contributed by atoms with Gasteiger partial charge >= 0.3 is 0 Å². The standard InChI is InChI=1S/C15H26O2S/c1-9-6-7-11-4-3-5-12-10(2)13(8-18)17-15(16-9)14(11)12/h9-15,18H,3-8H2,1-2H3. The maximum atomic E-state index is 6.24. The Morgan fingerprint density at radius 2 is 1.89 bits per heavy atom. The Labute approximate surface area is 116 Å². The average Bonchev–Trinajstić information content (AvgIpc) is 2.54. The molecule has 0 aromatic carbocycles. The quantitative estimate of drug-likeness (QED) is 0.735. The van der Waals surface area contributed by atoms with Crippen LogP contribution in [-0.4, -0.2) is 24.3 Å². The van der Waals surface area contributed by atoms with Crippen LogP contribution < -0.4 is 0 Å². The Balaban J connectivity index is 1.86. The van der Waals surface area contributed by atoms with Gasteiger partial charge in [0.05, 0.1) is 12.2 Å². The zero-order valence-electron chi connectivity index (χ0n) is 11.5. The predicted octanol–water partition coefficient (Wildman–Crippen LogP) is 3.51. The van der Waals surface area contributed by atoms with Crippen molar-refractivity contribution >= 4 is 12.6 Å². The van der Waals surface area contributed by atoms with E-state index in [1.807, 2.05) is 0 Å². The Morgan fingerprint density at radius 3 is 2.67 bits per heavy atom. The average molecular weight is 270 g/mol. The third kappa shape index (κ3) is 2.23. The van der Waals surface area contributed by atoms with Gasteiger partial charge < -0.3 is 9.47 Å². The molecule has 0 aromatic rings. The Morgan fingerprint density at radius 1 is 1.06 bits per heavy atom. The van der Waals surface area contributed by atoms with Crippen molar-refractivity contribution in [1.29, 1.82) is 0 Å². The van der Waals surface area contributed by atoms with Gasteiger partial charge in [0.2, 0.25) is 0 Å². The molecule has 1 saturated carbocycles. The highest BCUT2D eigenvalue weighted by Gasteiger charge is 2.49. The summed E-state index contributed by atoms with van der Waals surface area (Å²) in [7, 11) is 0. The molecular formula is C15H26O2S. The molecule has 104 valence electrons. The van der Waals surface area contributed by atoms with Crippen molar-refractivity contribution in [2.45, 2.75) is 64.4 Å². The molecule has 0 aromatic heterocycles. The van der Waals surface area contributed by atoms with Crippen molar-refractivity contribution < 1.29 is 9.47 Å². The zero-order chi connectivity index (χ0) is 12.7. The van der Waals surface area contributed by atoms with Gasteiger partial charge in [0.25, 0.3) is 0 Å². The van der Waals surface area contributed by atoms with Crippen LogP contribution in [0.5, 0.6) is 0 Å². The maximum Gasteiger partial charge on any atom is 0.161 e. The molecule has 2 nitrogen and oxygen atoms in total. The van der Waals surface area contributed by atoms with Gasteiger partial charge in [0, 0.05) is 11.7 Å². The van der Waals surface area contributed by atoms with Crippen LogP contribution in [0.25, 0.3) is 0 Å². The lowest BCUT2D eigenvalue weighted by atomic mass is 9.64. The monoisotopic (exact) mass is 270 g/mol. The lowest BCUT2D eigenvalue weighted by Crippen LogP contribution is -2.52. The lowest BCUT2D eigenvalue weighted by molar-refractivity contribution is -0.268.